The van der Waals surface area contributed by atoms with Gasteiger partial charge in [-0.3, -0.25) is 0 Å². The van der Waals surface area contributed by atoms with Gasteiger partial charge in [-0.25, -0.2) is 4.39 Å². The monoisotopic (exact) mass is 303 g/mol. The molecule has 1 heterocycles. The highest BCUT2D eigenvalue weighted by molar-refractivity contribution is 5.68. The first-order chi connectivity index (χ1) is 9.99. The Kier molecular flexibility index (Phi) is 5.17. The number of rotatable bonds is 6. The van der Waals surface area contributed by atoms with Gasteiger partial charge in [0.25, 0.3) is 0 Å². The fourth-order valence-electron chi connectivity index (χ4n) is 2.53. The number of hydrogen-bond acceptors (Lipinski definition) is 4. The standard InChI is InChI=1S/C14H20F3N3O/c1-2-20-4-3-9(8-20)7-19-12-6-13(21-14(16)17)10(15)5-11(12)18/h5-6,9,14,19H,2-4,7-8,18H2,1H3. The molecule has 4 nitrogen and oxygen atoms in total. The molecule has 1 aromatic carbocycles. The summed E-state index contributed by atoms with van der Waals surface area (Å²) in [6, 6.07) is 2.18. The molecule has 1 unspecified atom stereocenters. The van der Waals surface area contributed by atoms with Gasteiger partial charge in [0, 0.05) is 25.2 Å². The number of nitrogens with two attached hydrogens (primary N) is 1. The molecular weight excluding hydrogens is 283 g/mol. The average molecular weight is 303 g/mol. The molecule has 2 rings (SSSR count). The van der Waals surface area contributed by atoms with E-state index in [1.807, 2.05) is 0 Å². The van der Waals surface area contributed by atoms with Crippen molar-refractivity contribution in [3.05, 3.63) is 17.9 Å². The quantitative estimate of drug-likeness (QED) is 0.794. The van der Waals surface area contributed by atoms with Gasteiger partial charge >= 0.3 is 6.61 Å². The second kappa shape index (κ2) is 6.89. The minimum atomic E-state index is -3.07. The third-order valence-electron chi connectivity index (χ3n) is 3.72. The van der Waals surface area contributed by atoms with Gasteiger partial charge < -0.3 is 20.7 Å². The topological polar surface area (TPSA) is 50.5 Å². The lowest BCUT2D eigenvalue weighted by molar-refractivity contribution is -0.0521. The van der Waals surface area contributed by atoms with E-state index in [0.717, 1.165) is 32.1 Å². The van der Waals surface area contributed by atoms with Gasteiger partial charge in [0.15, 0.2) is 11.6 Å². The summed E-state index contributed by atoms with van der Waals surface area (Å²) in [7, 11) is 0. The van der Waals surface area contributed by atoms with Gasteiger partial charge in [0.2, 0.25) is 0 Å². The summed E-state index contributed by atoms with van der Waals surface area (Å²) < 4.78 is 42.0. The van der Waals surface area contributed by atoms with Gasteiger partial charge in [-0.15, -0.1) is 0 Å². The van der Waals surface area contributed by atoms with E-state index in [1.165, 1.54) is 6.07 Å². The number of benzene rings is 1. The molecule has 0 spiro atoms. The van der Waals surface area contributed by atoms with E-state index >= 15 is 0 Å². The normalized spacial score (nSPS) is 19.2. The van der Waals surface area contributed by atoms with E-state index in [1.54, 1.807) is 0 Å². The Morgan fingerprint density at radius 3 is 2.86 bits per heavy atom. The largest absolute Gasteiger partial charge is 0.432 e. The van der Waals surface area contributed by atoms with E-state index in [0.29, 0.717) is 18.2 Å². The number of nitrogen functional groups attached to an aromatic ring is 1. The Bertz CT molecular complexity index is 485. The van der Waals surface area contributed by atoms with Crippen molar-refractivity contribution in [2.45, 2.75) is 20.0 Å². The highest BCUT2D eigenvalue weighted by Crippen LogP contribution is 2.30. The summed E-state index contributed by atoms with van der Waals surface area (Å²) in [4.78, 5) is 2.34. The van der Waals surface area contributed by atoms with E-state index in [-0.39, 0.29) is 5.69 Å². The molecule has 1 saturated heterocycles. The zero-order valence-electron chi connectivity index (χ0n) is 11.9. The van der Waals surface area contributed by atoms with Crippen LogP contribution in [0.1, 0.15) is 13.3 Å². The van der Waals surface area contributed by atoms with Gasteiger partial charge in [-0.1, -0.05) is 6.92 Å². The first kappa shape index (κ1) is 15.8. The lowest BCUT2D eigenvalue weighted by Gasteiger charge is -2.16. The third kappa shape index (κ3) is 4.17. The van der Waals surface area contributed by atoms with Crippen LogP contribution in [0.2, 0.25) is 0 Å². The van der Waals surface area contributed by atoms with Gasteiger partial charge in [0.05, 0.1) is 11.4 Å². The molecular formula is C14H20F3N3O. The van der Waals surface area contributed by atoms with Crippen molar-refractivity contribution < 1.29 is 17.9 Å². The minimum absolute atomic E-state index is 0.180. The number of ether oxygens (including phenoxy) is 1. The first-order valence-corrected chi connectivity index (χ1v) is 6.99. The molecule has 1 aliphatic heterocycles. The second-order valence-corrected chi connectivity index (χ2v) is 5.18. The van der Waals surface area contributed by atoms with E-state index in [9.17, 15) is 13.2 Å². The highest BCUT2D eigenvalue weighted by Gasteiger charge is 2.21. The molecule has 1 fully saturated rings. The third-order valence-corrected chi connectivity index (χ3v) is 3.72. The van der Waals surface area contributed by atoms with Crippen molar-refractivity contribution in [1.82, 2.24) is 4.90 Å². The fraction of sp³-hybridized carbons (Fsp3) is 0.571. The molecule has 118 valence electrons. The summed E-state index contributed by atoms with van der Waals surface area (Å²) in [5.41, 5.74) is 6.30. The Morgan fingerprint density at radius 2 is 2.24 bits per heavy atom. The molecule has 0 aromatic heterocycles. The van der Waals surface area contributed by atoms with Gasteiger partial charge in [0.1, 0.15) is 0 Å². The van der Waals surface area contributed by atoms with E-state index in [2.05, 4.69) is 21.9 Å². The van der Waals surface area contributed by atoms with Crippen molar-refractivity contribution in [3.8, 4) is 5.75 Å². The molecule has 1 aromatic rings. The van der Waals surface area contributed by atoms with E-state index < -0.39 is 18.2 Å². The molecule has 7 heteroatoms. The number of halogens is 3. The second-order valence-electron chi connectivity index (χ2n) is 5.18. The van der Waals surface area contributed by atoms with Crippen LogP contribution in [-0.4, -0.2) is 37.7 Å². The van der Waals surface area contributed by atoms with Crippen molar-refractivity contribution in [2.75, 3.05) is 37.2 Å². The molecule has 0 amide bonds. The number of alkyl halides is 2. The van der Waals surface area contributed by atoms with Crippen LogP contribution in [0.5, 0.6) is 5.75 Å². The molecule has 0 radical (unpaired) electrons. The SMILES string of the molecule is CCN1CCC(CNc2cc(OC(F)F)c(F)cc2N)C1. The maximum atomic E-state index is 13.5. The van der Waals surface area contributed by atoms with E-state index in [4.69, 9.17) is 5.73 Å². The molecule has 1 atom stereocenters. The van der Waals surface area contributed by atoms with Crippen molar-refractivity contribution in [2.24, 2.45) is 5.92 Å². The van der Waals surface area contributed by atoms with Crippen molar-refractivity contribution in [1.29, 1.82) is 0 Å². The average Bonchev–Trinajstić information content (AvgIpc) is 2.88. The maximum absolute atomic E-state index is 13.5. The van der Waals surface area contributed by atoms with Crippen LogP contribution < -0.4 is 15.8 Å². The van der Waals surface area contributed by atoms with Crippen LogP contribution in [-0.2, 0) is 0 Å². The first-order valence-electron chi connectivity index (χ1n) is 6.99. The predicted octanol–water partition coefficient (Wildman–Crippen LogP) is 2.76. The predicted molar refractivity (Wildman–Crippen MR) is 76.2 cm³/mol. The number of nitrogens with one attached hydrogen (secondary N) is 1. The Balaban J connectivity index is 1.99. The molecule has 1 aliphatic rings. The van der Waals surface area contributed by atoms with Crippen LogP contribution >= 0.6 is 0 Å². The van der Waals surface area contributed by atoms with Crippen LogP contribution in [0.3, 0.4) is 0 Å². The van der Waals surface area contributed by atoms with Crippen molar-refractivity contribution in [3.63, 3.8) is 0 Å². The number of likely N-dealkylation sites (tertiary alicyclic amines) is 1. The Hall–Kier alpha value is -1.63. The molecule has 0 saturated carbocycles. The number of anilines is 2. The fourth-order valence-corrected chi connectivity index (χ4v) is 2.53. The van der Waals surface area contributed by atoms with Crippen LogP contribution in [0.15, 0.2) is 12.1 Å². The zero-order chi connectivity index (χ0) is 15.4. The number of nitrogens with zero attached hydrogens (tertiary/aromatic N) is 1. The lowest BCUT2D eigenvalue weighted by atomic mass is 10.1. The lowest BCUT2D eigenvalue weighted by Crippen LogP contribution is -2.22. The Morgan fingerprint density at radius 1 is 1.48 bits per heavy atom. The minimum Gasteiger partial charge on any atom is -0.432 e. The highest BCUT2D eigenvalue weighted by atomic mass is 19.3. The molecule has 0 bridgehead atoms. The zero-order valence-corrected chi connectivity index (χ0v) is 11.9. The van der Waals surface area contributed by atoms with Crippen LogP contribution in [0.25, 0.3) is 0 Å². The molecule has 3 N–H and O–H groups in total. The maximum Gasteiger partial charge on any atom is 0.387 e. The molecule has 21 heavy (non-hydrogen) atoms. The van der Waals surface area contributed by atoms with Gasteiger partial charge in [-0.2, -0.15) is 8.78 Å². The summed E-state index contributed by atoms with van der Waals surface area (Å²) >= 11 is 0. The summed E-state index contributed by atoms with van der Waals surface area (Å²) in [5, 5.41) is 3.10. The number of hydrogen-bond donors (Lipinski definition) is 2. The smallest absolute Gasteiger partial charge is 0.387 e. The van der Waals surface area contributed by atoms with Crippen molar-refractivity contribution >= 4 is 11.4 Å². The summed E-state index contributed by atoms with van der Waals surface area (Å²) in [6.07, 6.45) is 1.07. The van der Waals surface area contributed by atoms with Crippen LogP contribution in [0.4, 0.5) is 24.5 Å². The van der Waals surface area contributed by atoms with Gasteiger partial charge in [-0.05, 0) is 25.4 Å². The molecule has 0 aliphatic carbocycles. The summed E-state index contributed by atoms with van der Waals surface area (Å²) in [5.74, 6) is -0.923. The summed E-state index contributed by atoms with van der Waals surface area (Å²) in [6.45, 7) is 2.78. The Labute approximate surface area is 122 Å². The van der Waals surface area contributed by atoms with Crippen LogP contribution in [0, 0.1) is 11.7 Å².